The minimum absolute atomic E-state index is 0.0441. The van der Waals surface area contributed by atoms with Crippen LogP contribution in [0.25, 0.3) is 5.95 Å². The van der Waals surface area contributed by atoms with E-state index in [1.54, 1.807) is 30.9 Å². The van der Waals surface area contributed by atoms with Gasteiger partial charge < -0.3 is 5.32 Å². The van der Waals surface area contributed by atoms with Gasteiger partial charge in [-0.05, 0) is 18.1 Å². The van der Waals surface area contributed by atoms with E-state index in [4.69, 9.17) is 0 Å². The van der Waals surface area contributed by atoms with Crippen LogP contribution >= 0.6 is 0 Å². The summed E-state index contributed by atoms with van der Waals surface area (Å²) < 4.78 is 1.52. The fourth-order valence-electron chi connectivity index (χ4n) is 2.03. The largest absolute Gasteiger partial charge is 0.323 e. The lowest BCUT2D eigenvalue weighted by Crippen LogP contribution is -2.11. The zero-order valence-electron chi connectivity index (χ0n) is 11.9. The van der Waals surface area contributed by atoms with Crippen molar-refractivity contribution in [3.63, 3.8) is 0 Å². The molecule has 6 nitrogen and oxygen atoms in total. The number of benzene rings is 1. The first-order valence-electron chi connectivity index (χ1n) is 6.97. The highest BCUT2D eigenvalue weighted by atomic mass is 16.1. The van der Waals surface area contributed by atoms with Gasteiger partial charge in [-0.2, -0.15) is 5.10 Å². The maximum Gasteiger partial charge on any atom is 0.250 e. The molecule has 0 aliphatic carbocycles. The van der Waals surface area contributed by atoms with Gasteiger partial charge in [0.2, 0.25) is 11.9 Å². The van der Waals surface area contributed by atoms with Crippen LogP contribution in [0.4, 0.5) is 5.69 Å². The van der Waals surface area contributed by atoms with Crippen molar-refractivity contribution in [1.29, 1.82) is 0 Å². The number of hydrogen-bond acceptors (Lipinski definition) is 4. The number of carbonyl (C=O) groups is 1. The van der Waals surface area contributed by atoms with E-state index in [0.29, 0.717) is 24.5 Å². The molecule has 0 saturated carbocycles. The number of nitrogens with one attached hydrogen (secondary N) is 1. The van der Waals surface area contributed by atoms with Gasteiger partial charge in [0.15, 0.2) is 0 Å². The van der Waals surface area contributed by atoms with Gasteiger partial charge in [-0.25, -0.2) is 14.6 Å². The van der Waals surface area contributed by atoms with E-state index < -0.39 is 0 Å². The zero-order valence-corrected chi connectivity index (χ0v) is 11.9. The molecule has 3 aromatic rings. The van der Waals surface area contributed by atoms with Crippen molar-refractivity contribution < 1.29 is 4.79 Å². The van der Waals surface area contributed by atoms with E-state index in [9.17, 15) is 4.79 Å². The molecule has 1 aromatic carbocycles. The molecule has 2 heterocycles. The van der Waals surface area contributed by atoms with Crippen molar-refractivity contribution in [2.75, 3.05) is 5.32 Å². The summed E-state index contributed by atoms with van der Waals surface area (Å²) in [5, 5.41) is 6.96. The molecule has 2 aromatic heterocycles. The number of aryl methyl sites for hydroxylation is 1. The molecule has 0 bridgehead atoms. The van der Waals surface area contributed by atoms with Crippen molar-refractivity contribution in [3.8, 4) is 5.95 Å². The average Bonchev–Trinajstić information content (AvgIpc) is 3.03. The summed E-state index contributed by atoms with van der Waals surface area (Å²) in [6.07, 6.45) is 7.69. The molecule has 1 amide bonds. The van der Waals surface area contributed by atoms with E-state index in [1.807, 2.05) is 30.3 Å². The standard InChI is InChI=1S/C16H15N5O/c22-15(8-7-13-5-2-1-3-6-13)20-14-11-19-21(12-14)16-17-9-4-10-18-16/h1-6,9-12H,7-8H2,(H,20,22). The number of amides is 1. The van der Waals surface area contributed by atoms with Crippen LogP contribution in [-0.4, -0.2) is 25.7 Å². The van der Waals surface area contributed by atoms with Crippen LogP contribution in [0.15, 0.2) is 61.2 Å². The van der Waals surface area contributed by atoms with Crippen LogP contribution < -0.4 is 5.32 Å². The van der Waals surface area contributed by atoms with Gasteiger partial charge in [0.05, 0.1) is 18.1 Å². The van der Waals surface area contributed by atoms with Crippen molar-refractivity contribution >= 4 is 11.6 Å². The van der Waals surface area contributed by atoms with Crippen molar-refractivity contribution in [2.45, 2.75) is 12.8 Å². The molecule has 0 spiro atoms. The number of carbonyl (C=O) groups excluding carboxylic acids is 1. The predicted octanol–water partition coefficient (Wildman–Crippen LogP) is 2.23. The van der Waals surface area contributed by atoms with Crippen LogP contribution in [0.1, 0.15) is 12.0 Å². The van der Waals surface area contributed by atoms with Gasteiger partial charge in [0.1, 0.15) is 0 Å². The molecule has 0 fully saturated rings. The number of nitrogens with zero attached hydrogens (tertiary/aromatic N) is 4. The minimum Gasteiger partial charge on any atom is -0.323 e. The average molecular weight is 293 g/mol. The van der Waals surface area contributed by atoms with Crippen LogP contribution in [0.2, 0.25) is 0 Å². The molecular formula is C16H15N5O. The SMILES string of the molecule is O=C(CCc1ccccc1)Nc1cnn(-c2ncccn2)c1. The molecule has 0 saturated heterocycles. The predicted molar refractivity (Wildman–Crippen MR) is 82.5 cm³/mol. The molecule has 0 unspecified atom stereocenters. The van der Waals surface area contributed by atoms with E-state index in [2.05, 4.69) is 20.4 Å². The first-order chi connectivity index (χ1) is 10.8. The Bertz CT molecular complexity index is 739. The summed E-state index contributed by atoms with van der Waals surface area (Å²) in [6.45, 7) is 0. The first-order valence-corrected chi connectivity index (χ1v) is 6.97. The smallest absolute Gasteiger partial charge is 0.250 e. The lowest BCUT2D eigenvalue weighted by molar-refractivity contribution is -0.116. The molecule has 0 radical (unpaired) electrons. The normalized spacial score (nSPS) is 10.4. The third-order valence-electron chi connectivity index (χ3n) is 3.11. The van der Waals surface area contributed by atoms with Crippen molar-refractivity contribution in [1.82, 2.24) is 19.7 Å². The van der Waals surface area contributed by atoms with Gasteiger partial charge >= 0.3 is 0 Å². The van der Waals surface area contributed by atoms with Gasteiger partial charge in [-0.1, -0.05) is 30.3 Å². The monoisotopic (exact) mass is 293 g/mol. The molecule has 6 heteroatoms. The van der Waals surface area contributed by atoms with E-state index in [0.717, 1.165) is 5.56 Å². The Morgan fingerprint density at radius 2 is 1.86 bits per heavy atom. The van der Waals surface area contributed by atoms with Crippen LogP contribution in [0, 0.1) is 0 Å². The summed E-state index contributed by atoms with van der Waals surface area (Å²) in [5.74, 6) is 0.421. The Morgan fingerprint density at radius 1 is 1.09 bits per heavy atom. The summed E-state index contributed by atoms with van der Waals surface area (Å²) in [5.41, 5.74) is 1.77. The Hall–Kier alpha value is -3.02. The number of rotatable bonds is 5. The van der Waals surface area contributed by atoms with Crippen LogP contribution in [-0.2, 0) is 11.2 Å². The summed E-state index contributed by atoms with van der Waals surface area (Å²) in [6, 6.07) is 11.7. The summed E-state index contributed by atoms with van der Waals surface area (Å²) >= 11 is 0. The number of aromatic nitrogens is 4. The third-order valence-corrected chi connectivity index (χ3v) is 3.11. The number of anilines is 1. The molecule has 3 rings (SSSR count). The molecule has 110 valence electrons. The second-order valence-corrected chi connectivity index (χ2v) is 4.76. The summed E-state index contributed by atoms with van der Waals surface area (Å²) in [7, 11) is 0. The van der Waals surface area contributed by atoms with Crippen LogP contribution in [0.5, 0.6) is 0 Å². The quantitative estimate of drug-likeness (QED) is 0.783. The molecule has 0 aliphatic rings. The molecule has 22 heavy (non-hydrogen) atoms. The van der Waals surface area contributed by atoms with Gasteiger partial charge in [-0.3, -0.25) is 4.79 Å². The van der Waals surface area contributed by atoms with E-state index in [1.165, 1.54) is 4.68 Å². The first kappa shape index (κ1) is 13.9. The minimum atomic E-state index is -0.0441. The fourth-order valence-corrected chi connectivity index (χ4v) is 2.03. The zero-order chi connectivity index (χ0) is 15.2. The van der Waals surface area contributed by atoms with Crippen molar-refractivity contribution in [3.05, 3.63) is 66.7 Å². The van der Waals surface area contributed by atoms with Gasteiger partial charge in [-0.15, -0.1) is 0 Å². The Kier molecular flexibility index (Phi) is 4.20. The maximum atomic E-state index is 12.0. The fraction of sp³-hybridized carbons (Fsp3) is 0.125. The Labute approximate surface area is 127 Å². The highest BCUT2D eigenvalue weighted by Crippen LogP contribution is 2.09. The number of hydrogen-bond donors (Lipinski definition) is 1. The van der Waals surface area contributed by atoms with E-state index in [-0.39, 0.29) is 5.91 Å². The highest BCUT2D eigenvalue weighted by Gasteiger charge is 2.07. The lowest BCUT2D eigenvalue weighted by Gasteiger charge is -2.02. The second-order valence-electron chi connectivity index (χ2n) is 4.76. The van der Waals surface area contributed by atoms with Crippen molar-refractivity contribution in [2.24, 2.45) is 0 Å². The Morgan fingerprint density at radius 3 is 2.64 bits per heavy atom. The maximum absolute atomic E-state index is 12.0. The Balaban J connectivity index is 1.57. The highest BCUT2D eigenvalue weighted by molar-refractivity contribution is 5.90. The van der Waals surface area contributed by atoms with Gasteiger partial charge in [0.25, 0.3) is 0 Å². The topological polar surface area (TPSA) is 72.7 Å². The van der Waals surface area contributed by atoms with Gasteiger partial charge in [0, 0.05) is 18.8 Å². The lowest BCUT2D eigenvalue weighted by atomic mass is 10.1. The third kappa shape index (κ3) is 3.54. The molecule has 1 N–H and O–H groups in total. The van der Waals surface area contributed by atoms with Crippen LogP contribution in [0.3, 0.4) is 0 Å². The summed E-state index contributed by atoms with van der Waals surface area (Å²) in [4.78, 5) is 20.1. The van der Waals surface area contributed by atoms with E-state index >= 15 is 0 Å². The second kappa shape index (κ2) is 6.62. The molecule has 0 aliphatic heterocycles. The molecule has 0 atom stereocenters. The molecular weight excluding hydrogens is 278 g/mol.